The van der Waals surface area contributed by atoms with Crippen molar-refractivity contribution >= 4 is 5.69 Å². The molecule has 0 spiro atoms. The Morgan fingerprint density at radius 2 is 2.00 bits per heavy atom. The summed E-state index contributed by atoms with van der Waals surface area (Å²) < 4.78 is 13.4. The maximum absolute atomic E-state index is 13.4. The van der Waals surface area contributed by atoms with Gasteiger partial charge in [0.05, 0.1) is 0 Å². The minimum absolute atomic E-state index is 0.157. The Morgan fingerprint density at radius 3 is 2.60 bits per heavy atom. The first-order valence-corrected chi connectivity index (χ1v) is 7.71. The quantitative estimate of drug-likeness (QED) is 0.851. The second-order valence-corrected chi connectivity index (χ2v) is 6.58. The molecule has 0 amide bonds. The van der Waals surface area contributed by atoms with E-state index in [-0.39, 0.29) is 5.82 Å². The van der Waals surface area contributed by atoms with Gasteiger partial charge in [-0.05, 0) is 31.0 Å². The summed E-state index contributed by atoms with van der Waals surface area (Å²) in [6.07, 6.45) is 5.17. The molecule has 0 atom stereocenters. The molecule has 1 aliphatic rings. The fraction of sp³-hybridized carbons (Fsp3) is 0.647. The lowest BCUT2D eigenvalue weighted by atomic mass is 9.85. The SMILES string of the molecule is CC(C)NCC1(CN(C)c2cccc(F)c2)CCCC1. The third-order valence-corrected chi connectivity index (χ3v) is 4.37. The van der Waals surface area contributed by atoms with Crippen molar-refractivity contribution in [1.82, 2.24) is 5.32 Å². The van der Waals surface area contributed by atoms with E-state index in [0.29, 0.717) is 11.5 Å². The molecule has 1 fully saturated rings. The van der Waals surface area contributed by atoms with Crippen LogP contribution in [0.1, 0.15) is 39.5 Å². The molecule has 1 aliphatic carbocycles. The first-order chi connectivity index (χ1) is 9.51. The molecule has 0 aliphatic heterocycles. The van der Waals surface area contributed by atoms with Gasteiger partial charge in [-0.2, -0.15) is 0 Å². The highest BCUT2D eigenvalue weighted by Crippen LogP contribution is 2.39. The smallest absolute Gasteiger partial charge is 0.125 e. The molecule has 0 radical (unpaired) electrons. The second-order valence-electron chi connectivity index (χ2n) is 6.58. The van der Waals surface area contributed by atoms with E-state index in [4.69, 9.17) is 0 Å². The topological polar surface area (TPSA) is 15.3 Å². The van der Waals surface area contributed by atoms with Crippen molar-refractivity contribution in [2.75, 3.05) is 25.0 Å². The van der Waals surface area contributed by atoms with Crippen LogP contribution in [-0.2, 0) is 0 Å². The van der Waals surface area contributed by atoms with Crippen LogP contribution in [0.15, 0.2) is 24.3 Å². The van der Waals surface area contributed by atoms with Crippen molar-refractivity contribution in [3.8, 4) is 0 Å². The van der Waals surface area contributed by atoms with Crippen LogP contribution in [0, 0.1) is 11.2 Å². The average molecular weight is 278 g/mol. The van der Waals surface area contributed by atoms with Crippen molar-refractivity contribution in [2.24, 2.45) is 5.41 Å². The third kappa shape index (κ3) is 3.95. The van der Waals surface area contributed by atoms with E-state index in [0.717, 1.165) is 18.8 Å². The zero-order chi connectivity index (χ0) is 14.6. The molecule has 0 unspecified atom stereocenters. The second kappa shape index (κ2) is 6.57. The molecule has 0 saturated heterocycles. The van der Waals surface area contributed by atoms with Gasteiger partial charge in [-0.15, -0.1) is 0 Å². The van der Waals surface area contributed by atoms with Crippen molar-refractivity contribution in [3.05, 3.63) is 30.1 Å². The lowest BCUT2D eigenvalue weighted by Crippen LogP contribution is -2.43. The third-order valence-electron chi connectivity index (χ3n) is 4.37. The summed E-state index contributed by atoms with van der Waals surface area (Å²) in [4.78, 5) is 2.20. The molecule has 1 saturated carbocycles. The monoisotopic (exact) mass is 278 g/mol. The molecule has 2 rings (SSSR count). The maximum Gasteiger partial charge on any atom is 0.125 e. The Morgan fingerprint density at radius 1 is 1.30 bits per heavy atom. The lowest BCUT2D eigenvalue weighted by Gasteiger charge is -2.35. The molecular weight excluding hydrogens is 251 g/mol. The van der Waals surface area contributed by atoms with Crippen LogP contribution >= 0.6 is 0 Å². The van der Waals surface area contributed by atoms with Crippen LogP contribution in [-0.4, -0.2) is 26.2 Å². The van der Waals surface area contributed by atoms with Crippen molar-refractivity contribution in [2.45, 2.75) is 45.6 Å². The molecule has 0 heterocycles. The molecular formula is C17H27FN2. The van der Waals surface area contributed by atoms with E-state index in [1.807, 2.05) is 6.07 Å². The van der Waals surface area contributed by atoms with Gasteiger partial charge in [0.25, 0.3) is 0 Å². The maximum atomic E-state index is 13.4. The van der Waals surface area contributed by atoms with Crippen LogP contribution in [0.2, 0.25) is 0 Å². The number of benzene rings is 1. The Balaban J connectivity index is 2.04. The largest absolute Gasteiger partial charge is 0.374 e. The first-order valence-electron chi connectivity index (χ1n) is 7.71. The van der Waals surface area contributed by atoms with Crippen LogP contribution in [0.4, 0.5) is 10.1 Å². The molecule has 1 N–H and O–H groups in total. The molecule has 1 aromatic carbocycles. The Kier molecular flexibility index (Phi) is 5.03. The molecule has 1 aromatic rings. The molecule has 3 heteroatoms. The predicted octanol–water partition coefficient (Wildman–Crippen LogP) is 3.82. The van der Waals surface area contributed by atoms with Gasteiger partial charge in [0.1, 0.15) is 5.82 Å². The highest BCUT2D eigenvalue weighted by Gasteiger charge is 2.34. The standard InChI is InChI=1S/C17H27FN2/c1-14(2)19-12-17(9-4-5-10-17)13-20(3)16-8-6-7-15(18)11-16/h6-8,11,14,19H,4-5,9-10,12-13H2,1-3H3. The lowest BCUT2D eigenvalue weighted by molar-refractivity contribution is 0.278. The van der Waals surface area contributed by atoms with Crippen LogP contribution in [0.5, 0.6) is 0 Å². The molecule has 0 bridgehead atoms. The zero-order valence-electron chi connectivity index (χ0n) is 13.0. The van der Waals surface area contributed by atoms with Gasteiger partial charge in [-0.25, -0.2) is 4.39 Å². The number of nitrogens with zero attached hydrogens (tertiary/aromatic N) is 1. The van der Waals surface area contributed by atoms with Gasteiger partial charge in [0, 0.05) is 37.3 Å². The van der Waals surface area contributed by atoms with Gasteiger partial charge >= 0.3 is 0 Å². The van der Waals surface area contributed by atoms with E-state index < -0.39 is 0 Å². The average Bonchev–Trinajstić information content (AvgIpc) is 2.85. The fourth-order valence-corrected chi connectivity index (χ4v) is 3.24. The Hall–Kier alpha value is -1.09. The van der Waals surface area contributed by atoms with Gasteiger partial charge in [0.2, 0.25) is 0 Å². The highest BCUT2D eigenvalue weighted by molar-refractivity contribution is 5.45. The van der Waals surface area contributed by atoms with E-state index in [1.165, 1.54) is 31.7 Å². The van der Waals surface area contributed by atoms with Crippen molar-refractivity contribution in [1.29, 1.82) is 0 Å². The summed E-state index contributed by atoms with van der Waals surface area (Å²) in [5.74, 6) is -0.157. The number of nitrogens with one attached hydrogen (secondary N) is 1. The molecule has 0 aromatic heterocycles. The van der Waals surface area contributed by atoms with Crippen LogP contribution in [0.3, 0.4) is 0 Å². The van der Waals surface area contributed by atoms with E-state index in [2.05, 4.69) is 31.1 Å². The minimum Gasteiger partial charge on any atom is -0.374 e. The number of hydrogen-bond donors (Lipinski definition) is 1. The normalized spacial score (nSPS) is 17.6. The number of hydrogen-bond acceptors (Lipinski definition) is 2. The van der Waals surface area contributed by atoms with Crippen LogP contribution in [0.25, 0.3) is 0 Å². The number of halogens is 1. The summed E-state index contributed by atoms with van der Waals surface area (Å²) in [5, 5.41) is 3.60. The molecule has 112 valence electrons. The number of rotatable bonds is 6. The summed E-state index contributed by atoms with van der Waals surface area (Å²) in [6, 6.07) is 7.42. The summed E-state index contributed by atoms with van der Waals surface area (Å²) in [6.45, 7) is 6.44. The van der Waals surface area contributed by atoms with E-state index in [9.17, 15) is 4.39 Å². The summed E-state index contributed by atoms with van der Waals surface area (Å²) in [5.41, 5.74) is 1.31. The zero-order valence-corrected chi connectivity index (χ0v) is 13.0. The van der Waals surface area contributed by atoms with Crippen molar-refractivity contribution < 1.29 is 4.39 Å². The van der Waals surface area contributed by atoms with Gasteiger partial charge in [-0.1, -0.05) is 32.8 Å². The minimum atomic E-state index is -0.157. The van der Waals surface area contributed by atoms with Crippen molar-refractivity contribution in [3.63, 3.8) is 0 Å². The van der Waals surface area contributed by atoms with Crippen LogP contribution < -0.4 is 10.2 Å². The fourth-order valence-electron chi connectivity index (χ4n) is 3.24. The highest BCUT2D eigenvalue weighted by atomic mass is 19.1. The first kappa shape index (κ1) is 15.3. The van der Waals surface area contributed by atoms with Gasteiger partial charge in [0.15, 0.2) is 0 Å². The Labute approximate surface area is 122 Å². The van der Waals surface area contributed by atoms with E-state index in [1.54, 1.807) is 12.1 Å². The molecule has 20 heavy (non-hydrogen) atoms. The predicted molar refractivity (Wildman–Crippen MR) is 83.7 cm³/mol. The molecule has 2 nitrogen and oxygen atoms in total. The number of anilines is 1. The summed E-state index contributed by atoms with van der Waals surface area (Å²) >= 11 is 0. The Bertz CT molecular complexity index is 425. The van der Waals surface area contributed by atoms with Gasteiger partial charge < -0.3 is 10.2 Å². The van der Waals surface area contributed by atoms with Gasteiger partial charge in [-0.3, -0.25) is 0 Å². The van der Waals surface area contributed by atoms with E-state index >= 15 is 0 Å². The summed E-state index contributed by atoms with van der Waals surface area (Å²) in [7, 11) is 2.07.